The molecule has 4 rings (SSSR count). The number of nitrogens with zero attached hydrogens (tertiary/aromatic N) is 2. The lowest BCUT2D eigenvalue weighted by atomic mass is 10.2. The Hall–Kier alpha value is -2.31. The van der Waals surface area contributed by atoms with Crippen LogP contribution in [0.3, 0.4) is 0 Å². The Balaban J connectivity index is 1.69. The number of methoxy groups -OCH3 is 1. The van der Waals surface area contributed by atoms with Crippen molar-refractivity contribution in [3.8, 4) is 16.3 Å². The van der Waals surface area contributed by atoms with Crippen LogP contribution in [0.2, 0.25) is 0 Å². The summed E-state index contributed by atoms with van der Waals surface area (Å²) in [6, 6.07) is 15.9. The number of amides is 1. The van der Waals surface area contributed by atoms with Gasteiger partial charge in [-0.1, -0.05) is 24.3 Å². The van der Waals surface area contributed by atoms with Crippen molar-refractivity contribution in [1.29, 1.82) is 0 Å². The van der Waals surface area contributed by atoms with Gasteiger partial charge in [-0.25, -0.2) is 4.98 Å². The van der Waals surface area contributed by atoms with E-state index in [4.69, 9.17) is 4.74 Å². The summed E-state index contributed by atoms with van der Waals surface area (Å²) < 4.78 is 5.42. The van der Waals surface area contributed by atoms with Gasteiger partial charge in [-0.3, -0.25) is 4.79 Å². The molecular weight excluding hydrogens is 364 g/mol. The van der Waals surface area contributed by atoms with Gasteiger partial charge < -0.3 is 9.64 Å². The van der Waals surface area contributed by atoms with Gasteiger partial charge in [0.2, 0.25) is 0 Å². The van der Waals surface area contributed by atoms with Crippen LogP contribution in [0.1, 0.15) is 17.4 Å². The molecule has 1 amide bonds. The minimum Gasteiger partial charge on any atom is -0.496 e. The van der Waals surface area contributed by atoms with Gasteiger partial charge in [0, 0.05) is 22.1 Å². The fourth-order valence-electron chi connectivity index (χ4n) is 3.05. The van der Waals surface area contributed by atoms with Crippen LogP contribution in [0, 0.1) is 0 Å². The normalized spacial score (nSPS) is 16.2. The number of para-hydroxylation sites is 2. The number of thiazole rings is 1. The molecule has 1 aromatic heterocycles. The topological polar surface area (TPSA) is 42.4 Å². The predicted molar refractivity (Wildman–Crippen MR) is 108 cm³/mol. The molecule has 1 aliphatic heterocycles. The summed E-state index contributed by atoms with van der Waals surface area (Å²) in [6.07, 6.45) is 0. The molecule has 1 aliphatic rings. The molecule has 2 heterocycles. The maximum Gasteiger partial charge on any atom is 0.278 e. The summed E-state index contributed by atoms with van der Waals surface area (Å²) in [5, 5.41) is 2.62. The van der Waals surface area contributed by atoms with Gasteiger partial charge >= 0.3 is 0 Å². The second-order valence-corrected chi connectivity index (χ2v) is 7.96. The lowest BCUT2D eigenvalue weighted by Gasteiger charge is -2.34. The van der Waals surface area contributed by atoms with Crippen molar-refractivity contribution in [3.63, 3.8) is 0 Å². The van der Waals surface area contributed by atoms with Crippen LogP contribution >= 0.6 is 23.1 Å². The number of hydrogen-bond donors (Lipinski definition) is 0. The van der Waals surface area contributed by atoms with Crippen LogP contribution in [-0.4, -0.2) is 29.8 Å². The van der Waals surface area contributed by atoms with Crippen molar-refractivity contribution in [2.75, 3.05) is 17.8 Å². The third-order valence-electron chi connectivity index (χ3n) is 4.33. The van der Waals surface area contributed by atoms with E-state index in [1.807, 2.05) is 52.7 Å². The first-order chi connectivity index (χ1) is 12.7. The summed E-state index contributed by atoms with van der Waals surface area (Å²) in [4.78, 5) is 20.8. The van der Waals surface area contributed by atoms with Crippen LogP contribution in [0.5, 0.6) is 5.75 Å². The molecule has 0 radical (unpaired) electrons. The van der Waals surface area contributed by atoms with Gasteiger partial charge in [0.1, 0.15) is 16.5 Å². The number of hydrogen-bond acceptors (Lipinski definition) is 5. The first-order valence-electron chi connectivity index (χ1n) is 8.33. The van der Waals surface area contributed by atoms with E-state index >= 15 is 0 Å². The highest BCUT2D eigenvalue weighted by Crippen LogP contribution is 2.38. The Labute approximate surface area is 160 Å². The zero-order chi connectivity index (χ0) is 18.1. The molecule has 3 aromatic rings. The number of aromatic nitrogens is 1. The van der Waals surface area contributed by atoms with E-state index < -0.39 is 0 Å². The van der Waals surface area contributed by atoms with E-state index in [0.717, 1.165) is 32.7 Å². The van der Waals surface area contributed by atoms with Crippen molar-refractivity contribution in [2.45, 2.75) is 17.9 Å². The Morgan fingerprint density at radius 3 is 2.81 bits per heavy atom. The summed E-state index contributed by atoms with van der Waals surface area (Å²) in [6.45, 7) is 2.08. The van der Waals surface area contributed by atoms with Crippen molar-refractivity contribution >= 4 is 34.7 Å². The van der Waals surface area contributed by atoms with E-state index in [-0.39, 0.29) is 11.9 Å². The van der Waals surface area contributed by atoms with Gasteiger partial charge in [-0.15, -0.1) is 23.1 Å². The summed E-state index contributed by atoms with van der Waals surface area (Å²) in [7, 11) is 1.64. The van der Waals surface area contributed by atoms with Gasteiger partial charge in [0.25, 0.3) is 5.91 Å². The molecule has 26 heavy (non-hydrogen) atoms. The molecule has 6 heteroatoms. The second-order valence-electron chi connectivity index (χ2n) is 6.04. The highest BCUT2D eigenvalue weighted by atomic mass is 32.2. The number of carbonyl (C=O) groups is 1. The Kier molecular flexibility index (Phi) is 4.70. The number of fused-ring (bicyclic) bond motifs is 1. The standard InChI is InChI=1S/C20H18N2O2S2/c1-13-11-25-18-10-6-4-8-16(18)22(13)20(23)15-12-26-19(21-15)14-7-3-5-9-17(14)24-2/h3-10,12-13H,11H2,1-2H3/t13-/m1/s1. The van der Waals surface area contributed by atoms with Crippen LogP contribution < -0.4 is 9.64 Å². The SMILES string of the molecule is COc1ccccc1-c1nc(C(=O)N2c3ccccc3SC[C@H]2C)cs1. The first-order valence-corrected chi connectivity index (χ1v) is 10.2. The fraction of sp³-hybridized carbons (Fsp3) is 0.200. The third kappa shape index (κ3) is 2.99. The van der Waals surface area contributed by atoms with Gasteiger partial charge in [0.05, 0.1) is 18.4 Å². The van der Waals surface area contributed by atoms with E-state index in [0.29, 0.717) is 5.69 Å². The molecule has 2 aromatic carbocycles. The second kappa shape index (κ2) is 7.13. The maximum absolute atomic E-state index is 13.2. The van der Waals surface area contributed by atoms with Gasteiger partial charge in [-0.05, 0) is 31.2 Å². The monoisotopic (exact) mass is 382 g/mol. The van der Waals surface area contributed by atoms with E-state index in [2.05, 4.69) is 18.0 Å². The zero-order valence-electron chi connectivity index (χ0n) is 14.5. The number of carbonyl (C=O) groups excluding carboxylic acids is 1. The largest absolute Gasteiger partial charge is 0.496 e. The minimum atomic E-state index is -0.0531. The predicted octanol–water partition coefficient (Wildman–Crippen LogP) is 4.96. The van der Waals surface area contributed by atoms with Crippen molar-refractivity contribution in [1.82, 2.24) is 4.98 Å². The molecule has 0 spiro atoms. The number of benzene rings is 2. The van der Waals surface area contributed by atoms with Crippen LogP contribution in [0.15, 0.2) is 58.8 Å². The van der Waals surface area contributed by atoms with E-state index in [1.54, 1.807) is 18.9 Å². The Morgan fingerprint density at radius 2 is 1.96 bits per heavy atom. The third-order valence-corrected chi connectivity index (χ3v) is 6.51. The molecule has 0 fully saturated rings. The maximum atomic E-state index is 13.2. The van der Waals surface area contributed by atoms with Crippen molar-refractivity contribution in [2.24, 2.45) is 0 Å². The molecule has 4 nitrogen and oxygen atoms in total. The van der Waals surface area contributed by atoms with Crippen LogP contribution in [0.25, 0.3) is 10.6 Å². The van der Waals surface area contributed by atoms with Gasteiger partial charge in [0.15, 0.2) is 0 Å². The average molecular weight is 383 g/mol. The highest BCUT2D eigenvalue weighted by molar-refractivity contribution is 7.99. The highest BCUT2D eigenvalue weighted by Gasteiger charge is 2.30. The summed E-state index contributed by atoms with van der Waals surface area (Å²) >= 11 is 3.26. The minimum absolute atomic E-state index is 0.0531. The number of rotatable bonds is 3. The fourth-order valence-corrected chi connectivity index (χ4v) is 4.93. The molecular formula is C20H18N2O2S2. The van der Waals surface area contributed by atoms with Crippen LogP contribution in [0.4, 0.5) is 5.69 Å². The quantitative estimate of drug-likeness (QED) is 0.642. The molecule has 0 aliphatic carbocycles. The molecule has 0 unspecified atom stereocenters. The first kappa shape index (κ1) is 17.1. The Morgan fingerprint density at radius 1 is 1.19 bits per heavy atom. The van der Waals surface area contributed by atoms with E-state index in [9.17, 15) is 4.79 Å². The molecule has 132 valence electrons. The molecule has 1 atom stereocenters. The van der Waals surface area contributed by atoms with Crippen LogP contribution in [-0.2, 0) is 0 Å². The van der Waals surface area contributed by atoms with Crippen molar-refractivity contribution < 1.29 is 9.53 Å². The molecule has 0 bridgehead atoms. The van der Waals surface area contributed by atoms with Gasteiger partial charge in [-0.2, -0.15) is 0 Å². The number of ether oxygens (including phenoxy) is 1. The van der Waals surface area contributed by atoms with Crippen molar-refractivity contribution in [3.05, 3.63) is 59.6 Å². The summed E-state index contributed by atoms with van der Waals surface area (Å²) in [5.74, 6) is 1.59. The lowest BCUT2D eigenvalue weighted by molar-refractivity contribution is 0.0975. The number of anilines is 1. The smallest absolute Gasteiger partial charge is 0.278 e. The number of thioether (sulfide) groups is 1. The molecule has 0 saturated carbocycles. The van der Waals surface area contributed by atoms with E-state index in [1.165, 1.54) is 11.3 Å². The summed E-state index contributed by atoms with van der Waals surface area (Å²) in [5.41, 5.74) is 2.35. The lowest BCUT2D eigenvalue weighted by Crippen LogP contribution is -2.42. The molecule has 0 N–H and O–H groups in total. The Bertz CT molecular complexity index is 954. The molecule has 0 saturated heterocycles. The zero-order valence-corrected chi connectivity index (χ0v) is 16.1. The average Bonchev–Trinajstić information content (AvgIpc) is 3.17.